The van der Waals surface area contributed by atoms with Gasteiger partial charge in [-0.2, -0.15) is 0 Å². The summed E-state index contributed by atoms with van der Waals surface area (Å²) in [5.41, 5.74) is 1.76. The van der Waals surface area contributed by atoms with Crippen molar-refractivity contribution in [3.63, 3.8) is 0 Å². The zero-order valence-electron chi connectivity index (χ0n) is 16.1. The number of carbonyl (C=O) groups excluding carboxylic acids is 1. The molecule has 3 nitrogen and oxygen atoms in total. The fraction of sp³-hybridized carbons (Fsp3) is 0.652. The molecule has 5 aliphatic rings. The van der Waals surface area contributed by atoms with Crippen LogP contribution in [0.4, 0.5) is 4.39 Å². The number of aliphatic imine (C=N–C) groups is 1. The smallest absolute Gasteiger partial charge is 0.251 e. The summed E-state index contributed by atoms with van der Waals surface area (Å²) >= 11 is 0. The van der Waals surface area contributed by atoms with E-state index < -0.39 is 6.17 Å². The van der Waals surface area contributed by atoms with Crippen LogP contribution in [0.25, 0.3) is 0 Å². The minimum absolute atomic E-state index is 0.0299. The third-order valence-electron chi connectivity index (χ3n) is 7.68. The Hall–Kier alpha value is -1.55. The van der Waals surface area contributed by atoms with Gasteiger partial charge in [-0.1, -0.05) is 37.3 Å². The Morgan fingerprint density at radius 3 is 2.70 bits per heavy atom. The van der Waals surface area contributed by atoms with Gasteiger partial charge in [-0.05, 0) is 60.8 Å². The molecule has 1 aromatic rings. The van der Waals surface area contributed by atoms with Crippen molar-refractivity contribution in [1.29, 1.82) is 0 Å². The molecule has 0 spiro atoms. The lowest BCUT2D eigenvalue weighted by Gasteiger charge is -2.65. The molecule has 5 atom stereocenters. The topological polar surface area (TPSA) is 41.5 Å². The first-order valence-electron chi connectivity index (χ1n) is 10.4. The Balaban J connectivity index is 1.53. The van der Waals surface area contributed by atoms with Crippen molar-refractivity contribution in [2.75, 3.05) is 13.1 Å². The van der Waals surface area contributed by atoms with E-state index in [1.807, 2.05) is 0 Å². The Kier molecular flexibility index (Phi) is 3.88. The summed E-state index contributed by atoms with van der Waals surface area (Å²) in [5.74, 6) is 0.558. The van der Waals surface area contributed by atoms with Crippen LogP contribution in [0.5, 0.6) is 0 Å². The highest BCUT2D eigenvalue weighted by atomic mass is 19.1. The molecule has 1 amide bonds. The zero-order valence-corrected chi connectivity index (χ0v) is 16.1. The standard InChI is InChI=1S/C23H29FN2O/c1-21-9-16-10-22(13-21,17-5-3-2-4-6-17)15-23(11-16,14-21)20(27)26-19-7-8-25-12-18(19)24/h2-6,16,18,25H,7-15H2,1H3/t16?,18-,21+,22+,23?/m0/s1. The van der Waals surface area contributed by atoms with Crippen LogP contribution in [0.15, 0.2) is 35.3 Å². The van der Waals surface area contributed by atoms with E-state index in [-0.39, 0.29) is 28.7 Å². The van der Waals surface area contributed by atoms with Gasteiger partial charge in [0.25, 0.3) is 5.91 Å². The van der Waals surface area contributed by atoms with Crippen molar-refractivity contribution in [2.24, 2.45) is 21.7 Å². The molecule has 5 fully saturated rings. The first-order valence-corrected chi connectivity index (χ1v) is 10.4. The monoisotopic (exact) mass is 368 g/mol. The van der Waals surface area contributed by atoms with Crippen LogP contribution >= 0.6 is 0 Å². The Labute approximate surface area is 160 Å². The second kappa shape index (κ2) is 5.97. The minimum atomic E-state index is -1.12. The van der Waals surface area contributed by atoms with Crippen LogP contribution in [0.1, 0.15) is 57.4 Å². The lowest BCUT2D eigenvalue weighted by Crippen LogP contribution is -2.60. The average molecular weight is 368 g/mol. The highest BCUT2D eigenvalue weighted by Gasteiger charge is 2.64. The maximum atomic E-state index is 14.3. The molecule has 0 aromatic heterocycles. The van der Waals surface area contributed by atoms with Gasteiger partial charge in [-0.3, -0.25) is 4.79 Å². The van der Waals surface area contributed by atoms with E-state index >= 15 is 0 Å². The predicted octanol–water partition coefficient (Wildman–Crippen LogP) is 4.21. The van der Waals surface area contributed by atoms with Crippen LogP contribution in [-0.2, 0) is 10.2 Å². The molecule has 2 unspecified atom stereocenters. The molecule has 1 heterocycles. The van der Waals surface area contributed by atoms with Gasteiger partial charge < -0.3 is 5.32 Å². The predicted molar refractivity (Wildman–Crippen MR) is 105 cm³/mol. The highest BCUT2D eigenvalue weighted by Crippen LogP contribution is 2.70. The fourth-order valence-electron chi connectivity index (χ4n) is 7.37. The molecule has 144 valence electrons. The van der Waals surface area contributed by atoms with Crippen LogP contribution in [0.3, 0.4) is 0 Å². The van der Waals surface area contributed by atoms with E-state index in [9.17, 15) is 9.18 Å². The number of alkyl halides is 1. The van der Waals surface area contributed by atoms with E-state index in [4.69, 9.17) is 0 Å². The van der Waals surface area contributed by atoms with Gasteiger partial charge in [-0.15, -0.1) is 0 Å². The fourth-order valence-corrected chi connectivity index (χ4v) is 7.37. The van der Waals surface area contributed by atoms with E-state index in [0.29, 0.717) is 24.6 Å². The molecule has 4 bridgehead atoms. The molecule has 0 radical (unpaired) electrons. The van der Waals surface area contributed by atoms with Gasteiger partial charge in [0.05, 0.1) is 11.1 Å². The molecule has 27 heavy (non-hydrogen) atoms. The number of halogens is 1. The second-order valence-electron chi connectivity index (χ2n) is 10.1. The molecular weight excluding hydrogens is 339 g/mol. The number of nitrogens with one attached hydrogen (secondary N) is 1. The summed E-state index contributed by atoms with van der Waals surface area (Å²) in [4.78, 5) is 17.9. The summed E-state index contributed by atoms with van der Waals surface area (Å²) in [6.45, 7) is 3.37. The molecule has 1 saturated heterocycles. The van der Waals surface area contributed by atoms with Crippen molar-refractivity contribution < 1.29 is 9.18 Å². The van der Waals surface area contributed by atoms with E-state index in [1.54, 1.807) is 0 Å². The number of hydrogen-bond acceptors (Lipinski definition) is 2. The Morgan fingerprint density at radius 2 is 1.96 bits per heavy atom. The number of nitrogens with zero attached hydrogens (tertiary/aromatic N) is 1. The normalized spacial score (nSPS) is 44.6. The SMILES string of the molecule is C[C@]12CC3CC(C(=O)N=C4CCNC[C@@H]4F)(C1)C[C@@](c1ccccc1)(C3)C2. The summed E-state index contributed by atoms with van der Waals surface area (Å²) in [5, 5.41) is 3.04. The van der Waals surface area contributed by atoms with Gasteiger partial charge >= 0.3 is 0 Å². The number of benzene rings is 1. The summed E-state index contributed by atoms with van der Waals surface area (Å²) in [6, 6.07) is 10.8. The molecule has 1 aliphatic heterocycles. The molecule has 4 heteroatoms. The summed E-state index contributed by atoms with van der Waals surface area (Å²) in [6.07, 6.45) is 5.78. The van der Waals surface area contributed by atoms with Crippen molar-refractivity contribution in [3.8, 4) is 0 Å². The maximum absolute atomic E-state index is 14.3. The number of hydrogen-bond donors (Lipinski definition) is 1. The lowest BCUT2D eigenvalue weighted by molar-refractivity contribution is -0.156. The summed E-state index contributed by atoms with van der Waals surface area (Å²) in [7, 11) is 0. The van der Waals surface area contributed by atoms with Gasteiger partial charge in [-0.25, -0.2) is 9.38 Å². The van der Waals surface area contributed by atoms with Crippen molar-refractivity contribution >= 4 is 11.6 Å². The van der Waals surface area contributed by atoms with Crippen LogP contribution in [-0.4, -0.2) is 30.9 Å². The van der Waals surface area contributed by atoms with Gasteiger partial charge in [0.15, 0.2) is 6.17 Å². The third-order valence-corrected chi connectivity index (χ3v) is 7.68. The maximum Gasteiger partial charge on any atom is 0.251 e. The van der Waals surface area contributed by atoms with E-state index in [2.05, 4.69) is 47.6 Å². The molecule has 1 N–H and O–H groups in total. The third kappa shape index (κ3) is 2.79. The molecular formula is C23H29FN2O. The number of rotatable bonds is 2. The first-order chi connectivity index (χ1) is 12.9. The highest BCUT2D eigenvalue weighted by molar-refractivity contribution is 6.01. The zero-order chi connectivity index (χ0) is 18.7. The van der Waals surface area contributed by atoms with E-state index in [0.717, 1.165) is 19.3 Å². The summed E-state index contributed by atoms with van der Waals surface area (Å²) < 4.78 is 14.3. The Morgan fingerprint density at radius 1 is 1.15 bits per heavy atom. The van der Waals surface area contributed by atoms with Crippen LogP contribution < -0.4 is 5.32 Å². The van der Waals surface area contributed by atoms with E-state index in [1.165, 1.54) is 24.8 Å². The van der Waals surface area contributed by atoms with Crippen molar-refractivity contribution in [1.82, 2.24) is 5.32 Å². The minimum Gasteiger partial charge on any atom is -0.313 e. The van der Waals surface area contributed by atoms with Crippen molar-refractivity contribution in [3.05, 3.63) is 35.9 Å². The van der Waals surface area contributed by atoms with Gasteiger partial charge in [0, 0.05) is 19.5 Å². The first kappa shape index (κ1) is 17.5. The number of piperidine rings is 1. The second-order valence-corrected chi connectivity index (χ2v) is 10.1. The molecule has 1 aromatic carbocycles. The van der Waals surface area contributed by atoms with Crippen molar-refractivity contribution in [2.45, 2.75) is 63.5 Å². The molecule has 4 saturated carbocycles. The molecule has 6 rings (SSSR count). The quantitative estimate of drug-likeness (QED) is 0.849. The van der Waals surface area contributed by atoms with Gasteiger partial charge in [0.2, 0.25) is 0 Å². The largest absolute Gasteiger partial charge is 0.313 e. The number of carbonyl (C=O) groups is 1. The van der Waals surface area contributed by atoms with Crippen LogP contribution in [0, 0.1) is 16.7 Å². The van der Waals surface area contributed by atoms with Gasteiger partial charge in [0.1, 0.15) is 0 Å². The average Bonchev–Trinajstić information content (AvgIpc) is 2.62. The molecule has 4 aliphatic carbocycles. The lowest BCUT2D eigenvalue weighted by atomic mass is 9.38. The number of amides is 1. The van der Waals surface area contributed by atoms with Crippen LogP contribution in [0.2, 0.25) is 0 Å². The Bertz CT molecular complexity index is 793.